The molecule has 0 unspecified atom stereocenters. The van der Waals surface area contributed by atoms with Crippen LogP contribution in [0, 0.1) is 0 Å². The van der Waals surface area contributed by atoms with Crippen molar-refractivity contribution in [3.05, 3.63) is 78.0 Å². The number of hydrogen-bond donors (Lipinski definition) is 2. The number of ether oxygens (including phenoxy) is 2. The lowest BCUT2D eigenvalue weighted by molar-refractivity contribution is -0.137. The Bertz CT molecular complexity index is 1390. The fourth-order valence-electron chi connectivity index (χ4n) is 3.02. The van der Waals surface area contributed by atoms with Crippen LogP contribution in [0.1, 0.15) is 22.8 Å². The number of nitrogens with one attached hydrogen (secondary N) is 2. The molecule has 4 aromatic rings. The average Bonchev–Trinajstić information content (AvgIpc) is 3.20. The molecule has 35 heavy (non-hydrogen) atoms. The van der Waals surface area contributed by atoms with Crippen LogP contribution in [-0.2, 0) is 6.18 Å². The van der Waals surface area contributed by atoms with Crippen molar-refractivity contribution in [2.75, 3.05) is 11.9 Å². The number of fused-ring (bicyclic) bond motifs is 1. The highest BCUT2D eigenvalue weighted by molar-refractivity contribution is 6.04. The molecule has 0 bridgehead atoms. The molecule has 0 radical (unpaired) electrons. The molecular weight excluding hydrogens is 467 g/mol. The number of anilines is 1. The Morgan fingerprint density at radius 1 is 1.03 bits per heavy atom. The highest BCUT2D eigenvalue weighted by atomic mass is 19.4. The average molecular weight is 485 g/mol. The second-order valence-corrected chi connectivity index (χ2v) is 7.14. The van der Waals surface area contributed by atoms with Gasteiger partial charge in [-0.3, -0.25) is 4.79 Å². The van der Waals surface area contributed by atoms with E-state index in [-0.39, 0.29) is 17.3 Å². The topological polar surface area (TPSA) is 107 Å². The zero-order valence-corrected chi connectivity index (χ0v) is 18.2. The van der Waals surface area contributed by atoms with Crippen LogP contribution >= 0.6 is 0 Å². The minimum Gasteiger partial charge on any atom is -0.438 e. The van der Waals surface area contributed by atoms with Crippen LogP contribution < -0.4 is 20.1 Å². The lowest BCUT2D eigenvalue weighted by atomic mass is 10.1. The van der Waals surface area contributed by atoms with Gasteiger partial charge in [0.1, 0.15) is 5.75 Å². The number of halogens is 3. The molecule has 2 N–H and O–H groups in total. The van der Waals surface area contributed by atoms with Crippen molar-refractivity contribution in [2.24, 2.45) is 0 Å². The Balaban J connectivity index is 1.46. The summed E-state index contributed by atoms with van der Waals surface area (Å²) in [6, 6.07) is 13.6. The van der Waals surface area contributed by atoms with E-state index in [1.165, 1.54) is 28.9 Å². The van der Waals surface area contributed by atoms with Crippen LogP contribution in [0.4, 0.5) is 23.7 Å². The molecule has 0 aliphatic rings. The van der Waals surface area contributed by atoms with Gasteiger partial charge in [0, 0.05) is 29.9 Å². The predicted molar refractivity (Wildman–Crippen MR) is 119 cm³/mol. The van der Waals surface area contributed by atoms with Crippen molar-refractivity contribution in [3.8, 4) is 17.5 Å². The van der Waals surface area contributed by atoms with Crippen molar-refractivity contribution in [2.45, 2.75) is 13.1 Å². The number of rotatable bonds is 6. The molecular formula is C23H18F3N5O4. The van der Waals surface area contributed by atoms with E-state index in [0.717, 1.165) is 12.1 Å². The van der Waals surface area contributed by atoms with Gasteiger partial charge >= 0.3 is 12.3 Å². The Morgan fingerprint density at radius 3 is 2.60 bits per heavy atom. The zero-order valence-electron chi connectivity index (χ0n) is 18.2. The molecule has 0 saturated heterocycles. The molecule has 9 nitrogen and oxygen atoms in total. The molecule has 0 atom stereocenters. The fourth-order valence-corrected chi connectivity index (χ4v) is 3.02. The van der Waals surface area contributed by atoms with Gasteiger partial charge in [0.15, 0.2) is 5.65 Å². The molecule has 2 aromatic heterocycles. The molecule has 180 valence electrons. The maximum absolute atomic E-state index is 12.9. The lowest BCUT2D eigenvalue weighted by Crippen LogP contribution is -2.26. The summed E-state index contributed by atoms with van der Waals surface area (Å²) < 4.78 is 50.9. The monoisotopic (exact) mass is 485 g/mol. The highest BCUT2D eigenvalue weighted by Gasteiger charge is 2.30. The standard InChI is InChI=1S/C23H18F3N5O4/c1-2-27-22(33)35-20-13-31-18(29-20)9-10-19(30-31)34-17-8-4-7-16(12-17)28-21(32)14-5-3-6-15(11-14)23(24,25)26/h3-13H,2H2,1H3,(H,27,33)(H,28,32). The summed E-state index contributed by atoms with van der Waals surface area (Å²) in [6.45, 7) is 2.16. The van der Waals surface area contributed by atoms with Gasteiger partial charge in [0.2, 0.25) is 11.8 Å². The Hall–Kier alpha value is -4.61. The van der Waals surface area contributed by atoms with Crippen molar-refractivity contribution < 1.29 is 32.2 Å². The summed E-state index contributed by atoms with van der Waals surface area (Å²) in [5.41, 5.74) is -0.322. The number of carbonyl (C=O) groups excluding carboxylic acids is 2. The Kier molecular flexibility index (Phi) is 6.53. The van der Waals surface area contributed by atoms with E-state index in [9.17, 15) is 22.8 Å². The molecule has 0 spiro atoms. The van der Waals surface area contributed by atoms with Gasteiger partial charge in [-0.2, -0.15) is 18.2 Å². The van der Waals surface area contributed by atoms with E-state index < -0.39 is 23.7 Å². The Labute approximate surface area is 196 Å². The van der Waals surface area contributed by atoms with Gasteiger partial charge in [-0.25, -0.2) is 9.31 Å². The van der Waals surface area contributed by atoms with Crippen LogP contribution in [0.2, 0.25) is 0 Å². The van der Waals surface area contributed by atoms with E-state index in [2.05, 4.69) is 20.7 Å². The molecule has 0 fully saturated rings. The third-order valence-corrected chi connectivity index (χ3v) is 4.56. The summed E-state index contributed by atoms with van der Waals surface area (Å²) in [5.74, 6) is -0.149. The maximum Gasteiger partial charge on any atom is 0.416 e. The van der Waals surface area contributed by atoms with Crippen molar-refractivity contribution in [1.82, 2.24) is 19.9 Å². The quantitative estimate of drug-likeness (QED) is 0.402. The van der Waals surface area contributed by atoms with E-state index >= 15 is 0 Å². The van der Waals surface area contributed by atoms with Gasteiger partial charge in [0.05, 0.1) is 11.8 Å². The second-order valence-electron chi connectivity index (χ2n) is 7.14. The first-order chi connectivity index (χ1) is 16.7. The van der Waals surface area contributed by atoms with Crippen LogP contribution in [0.15, 0.2) is 66.9 Å². The molecule has 0 saturated carbocycles. The second kappa shape index (κ2) is 9.71. The molecule has 2 heterocycles. The minimum atomic E-state index is -4.55. The number of amides is 2. The normalized spacial score (nSPS) is 11.2. The van der Waals surface area contributed by atoms with Gasteiger partial charge in [-0.1, -0.05) is 12.1 Å². The Morgan fingerprint density at radius 2 is 1.83 bits per heavy atom. The summed E-state index contributed by atoms with van der Waals surface area (Å²) in [6.07, 6.45) is -3.79. The number of carbonyl (C=O) groups is 2. The maximum atomic E-state index is 12.9. The van der Waals surface area contributed by atoms with Gasteiger partial charge in [-0.15, -0.1) is 5.10 Å². The number of imidazole rings is 1. The predicted octanol–water partition coefficient (Wildman–Crippen LogP) is 4.90. The van der Waals surface area contributed by atoms with E-state index in [1.54, 1.807) is 37.3 Å². The molecule has 12 heteroatoms. The summed E-state index contributed by atoms with van der Waals surface area (Å²) in [5, 5.41) is 9.28. The first kappa shape index (κ1) is 23.5. The SMILES string of the molecule is CCNC(=O)Oc1cn2nc(Oc3cccc(NC(=O)c4cccc(C(F)(F)F)c4)c3)ccc2n1. The van der Waals surface area contributed by atoms with E-state index in [0.29, 0.717) is 23.6 Å². The van der Waals surface area contributed by atoms with Crippen LogP contribution in [0.25, 0.3) is 5.65 Å². The number of aromatic nitrogens is 3. The third kappa shape index (κ3) is 5.85. The molecule has 0 aliphatic heterocycles. The molecule has 4 rings (SSSR count). The smallest absolute Gasteiger partial charge is 0.416 e. The summed E-state index contributed by atoms with van der Waals surface area (Å²) >= 11 is 0. The number of hydrogen-bond acceptors (Lipinski definition) is 6. The van der Waals surface area contributed by atoms with Crippen molar-refractivity contribution in [1.29, 1.82) is 0 Å². The number of alkyl halides is 3. The zero-order chi connectivity index (χ0) is 25.0. The third-order valence-electron chi connectivity index (χ3n) is 4.56. The number of nitrogens with zero attached hydrogens (tertiary/aromatic N) is 3. The van der Waals surface area contributed by atoms with Crippen LogP contribution in [-0.4, -0.2) is 33.1 Å². The molecule has 2 amide bonds. The fraction of sp³-hybridized carbons (Fsp3) is 0.130. The summed E-state index contributed by atoms with van der Waals surface area (Å²) in [7, 11) is 0. The van der Waals surface area contributed by atoms with Crippen LogP contribution in [0.3, 0.4) is 0 Å². The first-order valence-electron chi connectivity index (χ1n) is 10.3. The van der Waals surface area contributed by atoms with Gasteiger partial charge in [0.25, 0.3) is 5.91 Å². The van der Waals surface area contributed by atoms with Crippen LogP contribution in [0.5, 0.6) is 17.5 Å². The van der Waals surface area contributed by atoms with Crippen molar-refractivity contribution in [3.63, 3.8) is 0 Å². The van der Waals surface area contributed by atoms with Gasteiger partial charge < -0.3 is 20.1 Å². The first-order valence-corrected chi connectivity index (χ1v) is 10.3. The van der Waals surface area contributed by atoms with Gasteiger partial charge in [-0.05, 0) is 43.3 Å². The summed E-state index contributed by atoms with van der Waals surface area (Å²) in [4.78, 5) is 28.1. The largest absolute Gasteiger partial charge is 0.438 e. The van der Waals surface area contributed by atoms with E-state index in [1.807, 2.05) is 0 Å². The van der Waals surface area contributed by atoms with Crippen molar-refractivity contribution >= 4 is 23.3 Å². The van der Waals surface area contributed by atoms with E-state index in [4.69, 9.17) is 9.47 Å². The lowest BCUT2D eigenvalue weighted by Gasteiger charge is -2.10. The minimum absolute atomic E-state index is 0.0555. The highest BCUT2D eigenvalue weighted by Crippen LogP contribution is 2.30. The molecule has 2 aromatic carbocycles. The number of benzene rings is 2. The molecule has 0 aliphatic carbocycles.